The molecule has 1 unspecified atom stereocenters. The van der Waals surface area contributed by atoms with Crippen LogP contribution in [0.1, 0.15) is 13.3 Å². The van der Waals surface area contributed by atoms with Crippen LogP contribution >= 0.6 is 0 Å². The third kappa shape index (κ3) is 3.33. The Bertz CT molecular complexity index is 346. The molecule has 1 aliphatic rings. The number of hydrogen-bond acceptors (Lipinski definition) is 4. The lowest BCUT2D eigenvalue weighted by atomic mass is 10.2. The highest BCUT2D eigenvalue weighted by Gasteiger charge is 2.32. The molecular formula is C10H17N3O5. The first kappa shape index (κ1) is 14.2. The quantitative estimate of drug-likeness (QED) is 0.582. The Morgan fingerprint density at radius 2 is 2.22 bits per heavy atom. The van der Waals surface area contributed by atoms with Crippen LogP contribution in [0.4, 0.5) is 4.79 Å². The van der Waals surface area contributed by atoms with Crippen molar-refractivity contribution < 1.29 is 24.2 Å². The van der Waals surface area contributed by atoms with Crippen LogP contribution in [0, 0.1) is 0 Å². The third-order valence-corrected chi connectivity index (χ3v) is 2.72. The lowest BCUT2D eigenvalue weighted by molar-refractivity contribution is -0.139. The number of primary amides is 1. The van der Waals surface area contributed by atoms with Gasteiger partial charge in [-0.2, -0.15) is 0 Å². The van der Waals surface area contributed by atoms with Crippen LogP contribution in [-0.2, 0) is 14.3 Å². The maximum absolute atomic E-state index is 11.9. The van der Waals surface area contributed by atoms with Crippen LogP contribution < -0.4 is 11.1 Å². The number of carboxylic acids is 1. The number of hydrogen-bond donors (Lipinski definition) is 3. The van der Waals surface area contributed by atoms with Gasteiger partial charge in [-0.05, 0) is 6.42 Å². The first-order valence-corrected chi connectivity index (χ1v) is 5.64. The van der Waals surface area contributed by atoms with Gasteiger partial charge in [-0.1, -0.05) is 6.92 Å². The van der Waals surface area contributed by atoms with Crippen molar-refractivity contribution in [3.05, 3.63) is 0 Å². The predicted molar refractivity (Wildman–Crippen MR) is 60.8 cm³/mol. The molecule has 3 amide bonds. The number of nitrogens with two attached hydrogens (primary N) is 1. The first-order valence-electron chi connectivity index (χ1n) is 5.64. The van der Waals surface area contributed by atoms with E-state index in [4.69, 9.17) is 15.6 Å². The molecule has 1 heterocycles. The molecule has 0 aromatic rings. The average Bonchev–Trinajstić information content (AvgIpc) is 2.35. The topological polar surface area (TPSA) is 122 Å². The van der Waals surface area contributed by atoms with Gasteiger partial charge in [-0.3, -0.25) is 4.79 Å². The van der Waals surface area contributed by atoms with Gasteiger partial charge in [-0.15, -0.1) is 0 Å². The van der Waals surface area contributed by atoms with Crippen molar-refractivity contribution in [3.8, 4) is 0 Å². The molecule has 0 bridgehead atoms. The Labute approximate surface area is 104 Å². The fraction of sp³-hybridized carbons (Fsp3) is 0.700. The molecule has 0 saturated carbocycles. The summed E-state index contributed by atoms with van der Waals surface area (Å²) in [6, 6.07) is -2.45. The van der Waals surface area contributed by atoms with Crippen LogP contribution in [0.3, 0.4) is 0 Å². The van der Waals surface area contributed by atoms with Gasteiger partial charge in [-0.25, -0.2) is 9.59 Å². The second kappa shape index (κ2) is 6.20. The molecule has 0 radical (unpaired) electrons. The monoisotopic (exact) mass is 259 g/mol. The van der Waals surface area contributed by atoms with Crippen molar-refractivity contribution in [3.63, 3.8) is 0 Å². The molecule has 0 aromatic heterocycles. The normalized spacial score (nSPS) is 21.2. The Balaban J connectivity index is 2.68. The summed E-state index contributed by atoms with van der Waals surface area (Å²) >= 11 is 0. The molecule has 18 heavy (non-hydrogen) atoms. The number of nitrogens with one attached hydrogen (secondary N) is 1. The Morgan fingerprint density at radius 1 is 1.56 bits per heavy atom. The number of urea groups is 1. The zero-order valence-corrected chi connectivity index (χ0v) is 10.1. The number of ether oxygens (including phenoxy) is 1. The Morgan fingerprint density at radius 3 is 2.72 bits per heavy atom. The van der Waals surface area contributed by atoms with Gasteiger partial charge in [0.2, 0.25) is 5.91 Å². The lowest BCUT2D eigenvalue weighted by Gasteiger charge is -2.34. The molecule has 0 aliphatic carbocycles. The average molecular weight is 259 g/mol. The van der Waals surface area contributed by atoms with E-state index in [1.165, 1.54) is 4.90 Å². The minimum absolute atomic E-state index is 0.0343. The van der Waals surface area contributed by atoms with Crippen molar-refractivity contribution in [1.82, 2.24) is 10.2 Å². The minimum atomic E-state index is -1.12. The van der Waals surface area contributed by atoms with Gasteiger partial charge in [0, 0.05) is 6.54 Å². The standard InChI is InChI=1S/C10H17N3O5/c1-2-6(9(15)16)12-10(17)13-3-4-18-5-7(13)8(11)14/h6-7H,2-5H2,1H3,(H2,11,14)(H,12,17)(H,15,16)/t6-,7?/m1/s1. The number of aliphatic carboxylic acids is 1. The molecule has 1 aliphatic heterocycles. The SMILES string of the molecule is CC[C@@H](NC(=O)N1CCOCC1C(N)=O)C(=O)O. The van der Waals surface area contributed by atoms with Gasteiger partial charge in [0.05, 0.1) is 13.2 Å². The maximum Gasteiger partial charge on any atom is 0.326 e. The first-order chi connectivity index (χ1) is 8.47. The molecule has 0 aromatic carbocycles. The lowest BCUT2D eigenvalue weighted by Crippen LogP contribution is -2.59. The number of rotatable bonds is 4. The van der Waals surface area contributed by atoms with E-state index >= 15 is 0 Å². The summed E-state index contributed by atoms with van der Waals surface area (Å²) < 4.78 is 5.06. The molecule has 1 saturated heterocycles. The molecule has 102 valence electrons. The number of nitrogens with zero attached hydrogens (tertiary/aromatic N) is 1. The van der Waals surface area contributed by atoms with Gasteiger partial charge in [0.15, 0.2) is 0 Å². The molecule has 8 heteroatoms. The maximum atomic E-state index is 11.9. The molecule has 0 spiro atoms. The van der Waals surface area contributed by atoms with Crippen LogP contribution in [0.25, 0.3) is 0 Å². The third-order valence-electron chi connectivity index (χ3n) is 2.72. The molecular weight excluding hydrogens is 242 g/mol. The van der Waals surface area contributed by atoms with Crippen molar-refractivity contribution in [1.29, 1.82) is 0 Å². The largest absolute Gasteiger partial charge is 0.480 e. The number of carbonyl (C=O) groups is 3. The van der Waals surface area contributed by atoms with Crippen LogP contribution in [0.15, 0.2) is 0 Å². The second-order valence-corrected chi connectivity index (χ2v) is 3.94. The van der Waals surface area contributed by atoms with Gasteiger partial charge < -0.3 is 25.8 Å². The summed E-state index contributed by atoms with van der Waals surface area (Å²) in [6.45, 7) is 2.17. The molecule has 1 fully saturated rings. The highest BCUT2D eigenvalue weighted by atomic mass is 16.5. The van der Waals surface area contributed by atoms with Crippen molar-refractivity contribution >= 4 is 17.9 Å². The highest BCUT2D eigenvalue weighted by molar-refractivity contribution is 5.88. The van der Waals surface area contributed by atoms with Crippen LogP contribution in [0.2, 0.25) is 0 Å². The fourth-order valence-corrected chi connectivity index (χ4v) is 1.65. The number of carbonyl (C=O) groups excluding carboxylic acids is 2. The van der Waals surface area contributed by atoms with E-state index in [9.17, 15) is 14.4 Å². The zero-order chi connectivity index (χ0) is 13.7. The minimum Gasteiger partial charge on any atom is -0.480 e. The summed E-state index contributed by atoms with van der Waals surface area (Å²) in [5, 5.41) is 11.2. The van der Waals surface area contributed by atoms with Gasteiger partial charge in [0.1, 0.15) is 12.1 Å². The van der Waals surface area contributed by atoms with E-state index in [0.29, 0.717) is 6.61 Å². The van der Waals surface area contributed by atoms with E-state index in [-0.39, 0.29) is 19.6 Å². The second-order valence-electron chi connectivity index (χ2n) is 3.94. The number of carboxylic acid groups (broad SMARTS) is 1. The van der Waals surface area contributed by atoms with Crippen LogP contribution in [0.5, 0.6) is 0 Å². The van der Waals surface area contributed by atoms with E-state index in [0.717, 1.165) is 0 Å². The number of amides is 3. The van der Waals surface area contributed by atoms with E-state index in [2.05, 4.69) is 5.32 Å². The van der Waals surface area contributed by atoms with E-state index in [1.54, 1.807) is 6.92 Å². The zero-order valence-electron chi connectivity index (χ0n) is 10.1. The fourth-order valence-electron chi connectivity index (χ4n) is 1.65. The molecule has 4 N–H and O–H groups in total. The predicted octanol–water partition coefficient (Wildman–Crippen LogP) is -1.25. The van der Waals surface area contributed by atoms with Crippen molar-refractivity contribution in [2.75, 3.05) is 19.8 Å². The van der Waals surface area contributed by atoms with Crippen molar-refractivity contribution in [2.24, 2.45) is 5.73 Å². The van der Waals surface area contributed by atoms with Gasteiger partial charge in [0.25, 0.3) is 0 Å². The summed E-state index contributed by atoms with van der Waals surface area (Å²) in [7, 11) is 0. The smallest absolute Gasteiger partial charge is 0.326 e. The van der Waals surface area contributed by atoms with Gasteiger partial charge >= 0.3 is 12.0 Å². The number of morpholine rings is 1. The Kier molecular flexibility index (Phi) is 4.90. The summed E-state index contributed by atoms with van der Waals surface area (Å²) in [6.07, 6.45) is 0.257. The molecule has 1 rings (SSSR count). The highest BCUT2D eigenvalue weighted by Crippen LogP contribution is 2.07. The van der Waals surface area contributed by atoms with Crippen molar-refractivity contribution in [2.45, 2.75) is 25.4 Å². The Hall–Kier alpha value is -1.83. The summed E-state index contributed by atoms with van der Waals surface area (Å²) in [4.78, 5) is 35.1. The summed E-state index contributed by atoms with van der Waals surface area (Å²) in [5.74, 6) is -1.79. The molecule has 8 nitrogen and oxygen atoms in total. The van der Waals surface area contributed by atoms with E-state index in [1.807, 2.05) is 0 Å². The van der Waals surface area contributed by atoms with E-state index < -0.39 is 30.0 Å². The summed E-state index contributed by atoms with van der Waals surface area (Å²) in [5.41, 5.74) is 5.16. The molecule has 2 atom stereocenters. The van der Waals surface area contributed by atoms with Crippen LogP contribution in [-0.4, -0.2) is 59.8 Å².